The Bertz CT molecular complexity index is 2150. The standard InChI is InChI=1S/C54H75N3O8/c1-34(2)38-20-25-54(46(60)57-32-36-16-13-17-37(30-36)45(59)55-28-29-56-48(63)64-33-35-14-11-10-12-15-35)27-26-52(8)39(44(38)54)18-19-41-51(7)23-22-42(65-43(58)31-49(3,4)47(61)62)50(5,6)40(51)21-24-53(41,52)9/h10-17,30,38-42,44H,1,18-29,31-33H2,2-9H3,(H,55,59)(H,56,63)(H,57,60)(H,61,62)/t38-,39+,40-,41+,42-,44+,51-,52+,53+,54-/m0/s1. The minimum atomic E-state index is -1.18. The van der Waals surface area contributed by atoms with Gasteiger partial charge in [0.05, 0.1) is 17.3 Å². The molecule has 0 aliphatic heterocycles. The summed E-state index contributed by atoms with van der Waals surface area (Å²) < 4.78 is 11.4. The highest BCUT2D eigenvalue weighted by molar-refractivity contribution is 5.94. The fraction of sp³-hybridized carbons (Fsp3) is 0.648. The number of aliphatic carboxylic acids is 1. The lowest BCUT2D eigenvalue weighted by Crippen LogP contribution is -2.67. The van der Waals surface area contributed by atoms with E-state index < -0.39 is 28.9 Å². The molecule has 0 aromatic heterocycles. The monoisotopic (exact) mass is 894 g/mol. The smallest absolute Gasteiger partial charge is 0.407 e. The molecule has 2 aromatic carbocycles. The maximum absolute atomic E-state index is 14.9. The van der Waals surface area contributed by atoms with Crippen molar-refractivity contribution >= 4 is 29.8 Å². The summed E-state index contributed by atoms with van der Waals surface area (Å²) in [5.74, 6) is 0.145. The zero-order valence-corrected chi connectivity index (χ0v) is 40.3. The van der Waals surface area contributed by atoms with Crippen molar-refractivity contribution in [2.45, 2.75) is 145 Å². The fourth-order valence-corrected chi connectivity index (χ4v) is 14.8. The molecular weight excluding hydrogens is 819 g/mol. The molecule has 3 amide bonds. The number of ether oxygens (including phenoxy) is 2. The van der Waals surface area contributed by atoms with Gasteiger partial charge in [-0.05, 0) is 154 Å². The number of hydrogen-bond donors (Lipinski definition) is 4. The van der Waals surface area contributed by atoms with Crippen LogP contribution < -0.4 is 16.0 Å². The van der Waals surface area contributed by atoms with Gasteiger partial charge in [0.25, 0.3) is 5.91 Å². The third-order valence-corrected chi connectivity index (χ3v) is 18.4. The van der Waals surface area contributed by atoms with Gasteiger partial charge in [-0.3, -0.25) is 19.2 Å². The first-order valence-electron chi connectivity index (χ1n) is 24.3. The van der Waals surface area contributed by atoms with Crippen molar-refractivity contribution in [3.63, 3.8) is 0 Å². The summed E-state index contributed by atoms with van der Waals surface area (Å²) in [5.41, 5.74) is 1.65. The average molecular weight is 894 g/mol. The number of alkyl carbamates (subject to hydrolysis) is 1. The number of hydrogen-bond acceptors (Lipinski definition) is 7. The maximum atomic E-state index is 14.9. The predicted octanol–water partition coefficient (Wildman–Crippen LogP) is 10.0. The van der Waals surface area contributed by atoms with Gasteiger partial charge in [0.1, 0.15) is 12.7 Å². The topological polar surface area (TPSA) is 160 Å². The summed E-state index contributed by atoms with van der Waals surface area (Å²) in [6.07, 6.45) is 8.77. The fourth-order valence-electron chi connectivity index (χ4n) is 14.8. The highest BCUT2D eigenvalue weighted by Crippen LogP contribution is 2.77. The van der Waals surface area contributed by atoms with Crippen LogP contribution in [0, 0.1) is 62.1 Å². The molecule has 0 saturated heterocycles. The predicted molar refractivity (Wildman–Crippen MR) is 250 cm³/mol. The first-order chi connectivity index (χ1) is 30.6. The number of benzene rings is 2. The van der Waals surface area contributed by atoms with Gasteiger partial charge in [0.2, 0.25) is 5.91 Å². The second-order valence-electron chi connectivity index (χ2n) is 22.7. The number of allylic oxidation sites excluding steroid dienone is 1. The summed E-state index contributed by atoms with van der Waals surface area (Å²) in [4.78, 5) is 65.1. The van der Waals surface area contributed by atoms with Crippen LogP contribution in [0.4, 0.5) is 4.79 Å². The van der Waals surface area contributed by atoms with E-state index in [-0.39, 0.29) is 77.5 Å². The Morgan fingerprint density at radius 1 is 0.769 bits per heavy atom. The molecule has 65 heavy (non-hydrogen) atoms. The quantitative estimate of drug-likeness (QED) is 0.0829. The van der Waals surface area contributed by atoms with Gasteiger partial charge < -0.3 is 30.5 Å². The van der Waals surface area contributed by atoms with E-state index in [0.717, 1.165) is 75.3 Å². The second kappa shape index (κ2) is 18.2. The van der Waals surface area contributed by atoms with E-state index in [1.165, 1.54) is 5.57 Å². The van der Waals surface area contributed by atoms with E-state index in [4.69, 9.17) is 9.47 Å². The Labute approximate surface area is 387 Å². The molecule has 7 rings (SSSR count). The Hall–Kier alpha value is -4.67. The van der Waals surface area contributed by atoms with Crippen LogP contribution in [0.5, 0.6) is 0 Å². The van der Waals surface area contributed by atoms with Crippen LogP contribution in [0.2, 0.25) is 0 Å². The summed E-state index contributed by atoms with van der Waals surface area (Å²) in [5, 5.41) is 18.6. The van der Waals surface area contributed by atoms with Crippen molar-refractivity contribution in [2.24, 2.45) is 62.1 Å². The molecule has 11 heteroatoms. The van der Waals surface area contributed by atoms with Crippen LogP contribution in [-0.4, -0.2) is 54.1 Å². The van der Waals surface area contributed by atoms with E-state index in [2.05, 4.69) is 64.1 Å². The number of carbonyl (C=O) groups excluding carboxylic acids is 4. The molecule has 0 heterocycles. The van der Waals surface area contributed by atoms with Crippen molar-refractivity contribution in [1.82, 2.24) is 16.0 Å². The first-order valence-corrected chi connectivity index (χ1v) is 24.3. The van der Waals surface area contributed by atoms with Gasteiger partial charge in [-0.25, -0.2) is 4.79 Å². The van der Waals surface area contributed by atoms with Crippen molar-refractivity contribution in [3.8, 4) is 0 Å². The molecule has 5 aliphatic rings. The molecule has 0 spiro atoms. The number of amides is 3. The van der Waals surface area contributed by atoms with Crippen molar-refractivity contribution in [3.05, 3.63) is 83.4 Å². The lowest BCUT2D eigenvalue weighted by Gasteiger charge is -2.72. The molecule has 5 saturated carbocycles. The summed E-state index contributed by atoms with van der Waals surface area (Å²) in [6.45, 7) is 23.0. The molecule has 0 bridgehead atoms. The molecule has 354 valence electrons. The second-order valence-corrected chi connectivity index (χ2v) is 22.7. The van der Waals surface area contributed by atoms with Crippen molar-refractivity contribution in [1.29, 1.82) is 0 Å². The molecular formula is C54H75N3O8. The summed E-state index contributed by atoms with van der Waals surface area (Å²) in [7, 11) is 0. The largest absolute Gasteiger partial charge is 0.481 e. The number of fused-ring (bicyclic) bond motifs is 7. The van der Waals surface area contributed by atoms with Gasteiger partial charge in [-0.1, -0.05) is 89.2 Å². The SMILES string of the molecule is C=C(C)[C@@H]1CC[C@]2(C(=O)NCc3cccc(C(=O)NCCNC(=O)OCc4ccccc4)c3)CC[C@]3(C)[C@H](CC[C@@H]4[C@@]5(C)CC[C@H](OC(=O)CC(C)(C)C(=O)O)C(C)(C)[C@@H]5CC[C@]43C)[C@@H]12. The third-order valence-electron chi connectivity index (χ3n) is 18.4. The summed E-state index contributed by atoms with van der Waals surface area (Å²) >= 11 is 0. The molecule has 10 atom stereocenters. The molecule has 2 aromatic rings. The zero-order valence-electron chi connectivity index (χ0n) is 40.3. The van der Waals surface area contributed by atoms with Crippen LogP contribution in [0.1, 0.15) is 148 Å². The number of nitrogens with one attached hydrogen (secondary N) is 3. The van der Waals surface area contributed by atoms with Crippen LogP contribution >= 0.6 is 0 Å². The lowest BCUT2D eigenvalue weighted by atomic mass is 9.32. The molecule has 5 aliphatic carbocycles. The third kappa shape index (κ3) is 8.86. The zero-order chi connectivity index (χ0) is 47.2. The molecule has 5 fully saturated rings. The van der Waals surface area contributed by atoms with Gasteiger partial charge in [0.15, 0.2) is 0 Å². The normalized spacial score (nSPS) is 33.4. The van der Waals surface area contributed by atoms with E-state index in [1.807, 2.05) is 48.5 Å². The average Bonchev–Trinajstić information content (AvgIpc) is 3.66. The number of carboxylic acid groups (broad SMARTS) is 1. The number of rotatable bonds is 14. The molecule has 4 N–H and O–H groups in total. The summed E-state index contributed by atoms with van der Waals surface area (Å²) in [6, 6.07) is 16.8. The van der Waals surface area contributed by atoms with Gasteiger partial charge in [-0.2, -0.15) is 0 Å². The Morgan fingerprint density at radius 2 is 1.48 bits per heavy atom. The minimum Gasteiger partial charge on any atom is -0.481 e. The molecule has 11 nitrogen and oxygen atoms in total. The Balaban J connectivity index is 0.998. The lowest BCUT2D eigenvalue weighted by molar-refractivity contribution is -0.249. The van der Waals surface area contributed by atoms with Crippen LogP contribution in [0.15, 0.2) is 66.7 Å². The first kappa shape index (κ1) is 48.3. The van der Waals surface area contributed by atoms with Gasteiger partial charge in [-0.15, -0.1) is 0 Å². The van der Waals surface area contributed by atoms with E-state index >= 15 is 0 Å². The van der Waals surface area contributed by atoms with E-state index in [1.54, 1.807) is 19.9 Å². The molecule has 0 radical (unpaired) electrons. The van der Waals surface area contributed by atoms with Crippen LogP contribution in [0.25, 0.3) is 0 Å². The van der Waals surface area contributed by atoms with Gasteiger partial charge >= 0.3 is 18.0 Å². The van der Waals surface area contributed by atoms with Crippen LogP contribution in [0.3, 0.4) is 0 Å². The van der Waals surface area contributed by atoms with E-state index in [0.29, 0.717) is 29.9 Å². The Morgan fingerprint density at radius 3 is 2.18 bits per heavy atom. The highest BCUT2D eigenvalue weighted by atomic mass is 16.6. The number of esters is 1. The van der Waals surface area contributed by atoms with Crippen LogP contribution in [-0.2, 0) is 37.0 Å². The highest BCUT2D eigenvalue weighted by Gasteiger charge is 2.72. The van der Waals surface area contributed by atoms with E-state index in [9.17, 15) is 29.1 Å². The van der Waals surface area contributed by atoms with Gasteiger partial charge in [0, 0.05) is 30.6 Å². The van der Waals surface area contributed by atoms with Crippen molar-refractivity contribution < 1.29 is 38.6 Å². The minimum absolute atomic E-state index is 0.0337. The Kier molecular flexibility index (Phi) is 13.5. The van der Waals surface area contributed by atoms with Crippen molar-refractivity contribution in [2.75, 3.05) is 13.1 Å². The number of carbonyl (C=O) groups is 5. The number of carboxylic acids is 1. The molecule has 0 unspecified atom stereocenters. The maximum Gasteiger partial charge on any atom is 0.407 e.